The first-order valence-electron chi connectivity index (χ1n) is 6.49. The summed E-state index contributed by atoms with van der Waals surface area (Å²) in [5.41, 5.74) is 0.533. The summed E-state index contributed by atoms with van der Waals surface area (Å²) in [4.78, 5) is 14.2. The summed E-state index contributed by atoms with van der Waals surface area (Å²) in [7, 11) is -3.21. The average molecular weight is 283 g/mol. The second-order valence-electron chi connectivity index (χ2n) is 4.53. The molecule has 0 bridgehead atoms. The molecule has 0 aliphatic heterocycles. The Morgan fingerprint density at radius 1 is 1.16 bits per heavy atom. The van der Waals surface area contributed by atoms with E-state index in [-0.39, 0.29) is 10.8 Å². The number of hydrogen-bond acceptors (Lipinski definition) is 3. The molecule has 0 unspecified atom stereocenters. The standard InChI is InChI=1S/C14H21NO3S/c1-4-6-11-15(5-2)14(16)12-7-9-13(10-8-12)19(3,17)18/h7-10H,4-6,11H2,1-3H3. The molecule has 0 fully saturated rings. The molecule has 106 valence electrons. The fourth-order valence-electron chi connectivity index (χ4n) is 1.78. The lowest BCUT2D eigenvalue weighted by Crippen LogP contribution is -2.31. The molecule has 1 aromatic carbocycles. The minimum absolute atomic E-state index is 0.0454. The van der Waals surface area contributed by atoms with Gasteiger partial charge in [-0.3, -0.25) is 4.79 Å². The largest absolute Gasteiger partial charge is 0.339 e. The summed E-state index contributed by atoms with van der Waals surface area (Å²) in [5.74, 6) is -0.0454. The van der Waals surface area contributed by atoms with Gasteiger partial charge in [0.2, 0.25) is 0 Å². The average Bonchev–Trinajstić information content (AvgIpc) is 2.38. The van der Waals surface area contributed by atoms with Crippen molar-refractivity contribution >= 4 is 15.7 Å². The number of nitrogens with zero attached hydrogens (tertiary/aromatic N) is 1. The Bertz CT molecular complexity index is 520. The summed E-state index contributed by atoms with van der Waals surface area (Å²) in [6, 6.07) is 6.12. The van der Waals surface area contributed by atoms with Gasteiger partial charge in [0.15, 0.2) is 9.84 Å². The van der Waals surface area contributed by atoms with Crippen LogP contribution in [-0.4, -0.2) is 38.6 Å². The van der Waals surface area contributed by atoms with Crippen molar-refractivity contribution in [1.82, 2.24) is 4.90 Å². The lowest BCUT2D eigenvalue weighted by molar-refractivity contribution is 0.0762. The highest BCUT2D eigenvalue weighted by Gasteiger charge is 2.14. The zero-order valence-electron chi connectivity index (χ0n) is 11.7. The Labute approximate surface area is 115 Å². The molecule has 1 rings (SSSR count). The van der Waals surface area contributed by atoms with Crippen molar-refractivity contribution in [1.29, 1.82) is 0 Å². The van der Waals surface area contributed by atoms with Crippen molar-refractivity contribution in [3.05, 3.63) is 29.8 Å². The molecule has 0 spiro atoms. The lowest BCUT2D eigenvalue weighted by atomic mass is 10.2. The van der Waals surface area contributed by atoms with Gasteiger partial charge in [-0.1, -0.05) is 13.3 Å². The van der Waals surface area contributed by atoms with Crippen molar-refractivity contribution in [2.75, 3.05) is 19.3 Å². The molecule has 19 heavy (non-hydrogen) atoms. The van der Waals surface area contributed by atoms with E-state index in [1.807, 2.05) is 6.92 Å². The van der Waals surface area contributed by atoms with Gasteiger partial charge in [0, 0.05) is 24.9 Å². The molecule has 0 aliphatic rings. The van der Waals surface area contributed by atoms with Crippen LogP contribution in [0.15, 0.2) is 29.2 Å². The first-order chi connectivity index (χ1) is 8.90. The predicted octanol–water partition coefficient (Wildman–Crippen LogP) is 2.35. The molecule has 5 heteroatoms. The number of carbonyl (C=O) groups excluding carboxylic acids is 1. The van der Waals surface area contributed by atoms with Crippen molar-refractivity contribution < 1.29 is 13.2 Å². The van der Waals surface area contributed by atoms with E-state index >= 15 is 0 Å². The number of sulfone groups is 1. The molecule has 1 aromatic rings. The van der Waals surface area contributed by atoms with Crippen LogP contribution in [0.3, 0.4) is 0 Å². The van der Waals surface area contributed by atoms with E-state index in [1.54, 1.807) is 17.0 Å². The Balaban J connectivity index is 2.88. The number of rotatable bonds is 6. The molecule has 0 N–H and O–H groups in total. The monoisotopic (exact) mass is 283 g/mol. The minimum Gasteiger partial charge on any atom is -0.339 e. The third kappa shape index (κ3) is 4.35. The summed E-state index contributed by atoms with van der Waals surface area (Å²) in [5, 5.41) is 0. The van der Waals surface area contributed by atoms with Gasteiger partial charge in [-0.05, 0) is 37.6 Å². The first kappa shape index (κ1) is 15.7. The van der Waals surface area contributed by atoms with E-state index in [2.05, 4.69) is 6.92 Å². The van der Waals surface area contributed by atoms with Gasteiger partial charge in [-0.15, -0.1) is 0 Å². The third-order valence-electron chi connectivity index (χ3n) is 2.98. The number of carbonyl (C=O) groups is 1. The highest BCUT2D eigenvalue weighted by Crippen LogP contribution is 2.12. The zero-order chi connectivity index (χ0) is 14.5. The van der Waals surface area contributed by atoms with Crippen LogP contribution < -0.4 is 0 Å². The molecule has 0 saturated heterocycles. The van der Waals surface area contributed by atoms with Crippen LogP contribution in [0.5, 0.6) is 0 Å². The lowest BCUT2D eigenvalue weighted by Gasteiger charge is -2.20. The molecule has 4 nitrogen and oxygen atoms in total. The van der Waals surface area contributed by atoms with Crippen LogP contribution in [0.25, 0.3) is 0 Å². The molecule has 0 atom stereocenters. The third-order valence-corrected chi connectivity index (χ3v) is 4.11. The van der Waals surface area contributed by atoms with Crippen molar-refractivity contribution in [3.63, 3.8) is 0 Å². The number of unbranched alkanes of at least 4 members (excludes halogenated alkanes) is 1. The normalized spacial score (nSPS) is 11.3. The first-order valence-corrected chi connectivity index (χ1v) is 8.38. The zero-order valence-corrected chi connectivity index (χ0v) is 12.5. The van der Waals surface area contributed by atoms with Gasteiger partial charge in [0.05, 0.1) is 4.90 Å². The van der Waals surface area contributed by atoms with Crippen LogP contribution in [0.2, 0.25) is 0 Å². The molecule has 0 aromatic heterocycles. The molecule has 0 saturated carbocycles. The van der Waals surface area contributed by atoms with Gasteiger partial charge >= 0.3 is 0 Å². The van der Waals surface area contributed by atoms with Crippen LogP contribution in [0.4, 0.5) is 0 Å². The predicted molar refractivity (Wildman–Crippen MR) is 76.0 cm³/mol. The minimum atomic E-state index is -3.21. The van der Waals surface area contributed by atoms with Gasteiger partial charge in [-0.25, -0.2) is 8.42 Å². The van der Waals surface area contributed by atoms with E-state index < -0.39 is 9.84 Å². The Hall–Kier alpha value is -1.36. The van der Waals surface area contributed by atoms with Crippen molar-refractivity contribution in [2.45, 2.75) is 31.6 Å². The smallest absolute Gasteiger partial charge is 0.253 e. The topological polar surface area (TPSA) is 54.5 Å². The van der Waals surface area contributed by atoms with Gasteiger partial charge in [0.1, 0.15) is 0 Å². The van der Waals surface area contributed by atoms with Crippen LogP contribution in [0.1, 0.15) is 37.0 Å². The van der Waals surface area contributed by atoms with E-state index in [9.17, 15) is 13.2 Å². The van der Waals surface area contributed by atoms with Gasteiger partial charge in [0.25, 0.3) is 5.91 Å². The van der Waals surface area contributed by atoms with Crippen molar-refractivity contribution in [2.24, 2.45) is 0 Å². The van der Waals surface area contributed by atoms with E-state index in [4.69, 9.17) is 0 Å². The maximum absolute atomic E-state index is 12.2. The van der Waals surface area contributed by atoms with Gasteiger partial charge < -0.3 is 4.90 Å². The van der Waals surface area contributed by atoms with E-state index in [0.29, 0.717) is 12.1 Å². The Morgan fingerprint density at radius 2 is 1.74 bits per heavy atom. The SMILES string of the molecule is CCCCN(CC)C(=O)c1ccc(S(C)(=O)=O)cc1. The second kappa shape index (κ2) is 6.70. The quantitative estimate of drug-likeness (QED) is 0.805. The van der Waals surface area contributed by atoms with Crippen molar-refractivity contribution in [3.8, 4) is 0 Å². The summed E-state index contributed by atoms with van der Waals surface area (Å²) in [6.07, 6.45) is 3.17. The van der Waals surface area contributed by atoms with Crippen LogP contribution in [0, 0.1) is 0 Å². The summed E-state index contributed by atoms with van der Waals surface area (Å²) < 4.78 is 22.7. The molecule has 0 aliphatic carbocycles. The van der Waals surface area contributed by atoms with Crippen LogP contribution in [-0.2, 0) is 9.84 Å². The molecular weight excluding hydrogens is 262 g/mol. The fraction of sp³-hybridized carbons (Fsp3) is 0.500. The summed E-state index contributed by atoms with van der Waals surface area (Å²) in [6.45, 7) is 5.42. The fourth-order valence-corrected chi connectivity index (χ4v) is 2.41. The van der Waals surface area contributed by atoms with E-state index in [1.165, 1.54) is 12.1 Å². The molecular formula is C14H21NO3S. The number of amides is 1. The molecule has 1 amide bonds. The van der Waals surface area contributed by atoms with E-state index in [0.717, 1.165) is 25.6 Å². The second-order valence-corrected chi connectivity index (χ2v) is 6.55. The highest BCUT2D eigenvalue weighted by atomic mass is 32.2. The van der Waals surface area contributed by atoms with Gasteiger partial charge in [-0.2, -0.15) is 0 Å². The summed E-state index contributed by atoms with van der Waals surface area (Å²) >= 11 is 0. The maximum Gasteiger partial charge on any atom is 0.253 e. The molecule has 0 heterocycles. The van der Waals surface area contributed by atoms with Crippen LogP contribution >= 0.6 is 0 Å². The number of hydrogen-bond donors (Lipinski definition) is 0. The highest BCUT2D eigenvalue weighted by molar-refractivity contribution is 7.90. The number of benzene rings is 1. The Morgan fingerprint density at radius 3 is 2.16 bits per heavy atom. The maximum atomic E-state index is 12.2. The Kier molecular flexibility index (Phi) is 5.54. The molecule has 0 radical (unpaired) electrons.